The summed E-state index contributed by atoms with van der Waals surface area (Å²) in [5.41, 5.74) is -0.354. The van der Waals surface area contributed by atoms with Gasteiger partial charge >= 0.3 is 0 Å². The fourth-order valence-corrected chi connectivity index (χ4v) is 2.00. The van der Waals surface area contributed by atoms with Crippen LogP contribution in [0.15, 0.2) is 18.6 Å². The van der Waals surface area contributed by atoms with Gasteiger partial charge in [0.15, 0.2) is 0 Å². The summed E-state index contributed by atoms with van der Waals surface area (Å²) in [6, 6.07) is 0. The van der Waals surface area contributed by atoms with Gasteiger partial charge in [0.2, 0.25) is 0 Å². The molecule has 0 spiro atoms. The van der Waals surface area contributed by atoms with Gasteiger partial charge in [-0.05, 0) is 6.42 Å². The zero-order chi connectivity index (χ0) is 11.6. The Labute approximate surface area is 94.1 Å². The van der Waals surface area contributed by atoms with E-state index in [0.717, 1.165) is 12.8 Å². The molecule has 1 saturated heterocycles. The topological polar surface area (TPSA) is 66.3 Å². The van der Waals surface area contributed by atoms with E-state index >= 15 is 0 Å². The molecule has 1 amide bonds. The average Bonchev–Trinajstić information content (AvgIpc) is 2.26. The highest BCUT2D eigenvalue weighted by Gasteiger charge is 2.43. The maximum atomic E-state index is 11.8. The summed E-state index contributed by atoms with van der Waals surface area (Å²) in [5.74, 6) is -0.158. The second kappa shape index (κ2) is 4.17. The number of likely N-dealkylation sites (tertiary alicyclic amines) is 1. The molecule has 0 atom stereocenters. The van der Waals surface area contributed by atoms with Crippen LogP contribution in [-0.2, 0) is 0 Å². The van der Waals surface area contributed by atoms with Gasteiger partial charge in [-0.3, -0.25) is 9.78 Å². The predicted octanol–water partition coefficient (Wildman–Crippen LogP) is 0.464. The first kappa shape index (κ1) is 11.0. The number of carbonyl (C=O) groups is 1. The molecule has 5 nitrogen and oxygen atoms in total. The van der Waals surface area contributed by atoms with Crippen LogP contribution in [0.5, 0.6) is 0 Å². The van der Waals surface area contributed by atoms with Crippen molar-refractivity contribution in [1.29, 1.82) is 0 Å². The lowest BCUT2D eigenvalue weighted by atomic mass is 9.89. The summed E-state index contributed by atoms with van der Waals surface area (Å²) in [6.45, 7) is 2.82. The molecule has 1 N–H and O–H groups in total. The van der Waals surface area contributed by atoms with Gasteiger partial charge in [-0.15, -0.1) is 0 Å². The van der Waals surface area contributed by atoms with Crippen molar-refractivity contribution in [3.8, 4) is 0 Å². The largest absolute Gasteiger partial charge is 0.386 e. The number of amides is 1. The van der Waals surface area contributed by atoms with Crippen LogP contribution in [0.25, 0.3) is 0 Å². The molecule has 1 aliphatic rings. The molecular formula is C11H15N3O2. The second-order valence-corrected chi connectivity index (χ2v) is 4.23. The number of hydrogen-bond donors (Lipinski definition) is 1. The van der Waals surface area contributed by atoms with E-state index in [0.29, 0.717) is 18.8 Å². The first-order valence-electron chi connectivity index (χ1n) is 5.42. The second-order valence-electron chi connectivity index (χ2n) is 4.23. The quantitative estimate of drug-likeness (QED) is 0.805. The summed E-state index contributed by atoms with van der Waals surface area (Å²) >= 11 is 0. The van der Waals surface area contributed by atoms with Crippen molar-refractivity contribution < 1.29 is 9.90 Å². The van der Waals surface area contributed by atoms with E-state index in [1.54, 1.807) is 4.90 Å². The maximum Gasteiger partial charge on any atom is 0.274 e. The third kappa shape index (κ3) is 2.04. The number of nitrogens with zero attached hydrogens (tertiary/aromatic N) is 3. The summed E-state index contributed by atoms with van der Waals surface area (Å²) in [6.07, 6.45) is 6.12. The van der Waals surface area contributed by atoms with E-state index < -0.39 is 5.60 Å². The predicted molar refractivity (Wildman–Crippen MR) is 57.8 cm³/mol. The first-order chi connectivity index (χ1) is 7.64. The Balaban J connectivity index is 1.96. The summed E-state index contributed by atoms with van der Waals surface area (Å²) in [4.78, 5) is 21.2. The third-order valence-electron chi connectivity index (χ3n) is 2.76. The van der Waals surface area contributed by atoms with Crippen molar-refractivity contribution in [1.82, 2.24) is 14.9 Å². The van der Waals surface area contributed by atoms with Crippen LogP contribution in [0.2, 0.25) is 0 Å². The molecule has 0 saturated carbocycles. The number of rotatable bonds is 3. The molecule has 0 unspecified atom stereocenters. The summed E-state index contributed by atoms with van der Waals surface area (Å²) < 4.78 is 0. The minimum atomic E-state index is -0.688. The van der Waals surface area contributed by atoms with E-state index in [-0.39, 0.29) is 5.91 Å². The van der Waals surface area contributed by atoms with Crippen molar-refractivity contribution in [3.63, 3.8) is 0 Å². The van der Waals surface area contributed by atoms with Crippen LogP contribution in [0.4, 0.5) is 0 Å². The molecule has 5 heteroatoms. The van der Waals surface area contributed by atoms with Crippen LogP contribution in [-0.4, -0.2) is 44.6 Å². The zero-order valence-electron chi connectivity index (χ0n) is 9.26. The van der Waals surface area contributed by atoms with Crippen molar-refractivity contribution in [2.75, 3.05) is 13.1 Å². The van der Waals surface area contributed by atoms with Crippen molar-refractivity contribution in [2.24, 2.45) is 0 Å². The highest BCUT2D eigenvalue weighted by molar-refractivity contribution is 5.92. The fraction of sp³-hybridized carbons (Fsp3) is 0.545. The lowest BCUT2D eigenvalue weighted by molar-refractivity contribution is -0.0861. The molecule has 0 radical (unpaired) electrons. The molecular weight excluding hydrogens is 206 g/mol. The van der Waals surface area contributed by atoms with E-state index in [9.17, 15) is 9.90 Å². The minimum absolute atomic E-state index is 0.158. The Bertz CT molecular complexity index is 374. The van der Waals surface area contributed by atoms with Crippen molar-refractivity contribution in [2.45, 2.75) is 25.4 Å². The Hall–Kier alpha value is -1.49. The minimum Gasteiger partial charge on any atom is -0.386 e. The van der Waals surface area contributed by atoms with E-state index in [1.807, 2.05) is 6.92 Å². The smallest absolute Gasteiger partial charge is 0.274 e. The van der Waals surface area contributed by atoms with Gasteiger partial charge < -0.3 is 10.0 Å². The van der Waals surface area contributed by atoms with Gasteiger partial charge in [0.05, 0.1) is 24.9 Å². The first-order valence-corrected chi connectivity index (χ1v) is 5.42. The van der Waals surface area contributed by atoms with E-state index in [2.05, 4.69) is 9.97 Å². The van der Waals surface area contributed by atoms with Gasteiger partial charge in [0.1, 0.15) is 5.69 Å². The third-order valence-corrected chi connectivity index (χ3v) is 2.76. The maximum absolute atomic E-state index is 11.8. The van der Waals surface area contributed by atoms with Crippen LogP contribution in [0.1, 0.15) is 30.3 Å². The molecule has 1 aliphatic heterocycles. The highest BCUT2D eigenvalue weighted by Crippen LogP contribution is 2.26. The van der Waals surface area contributed by atoms with Crippen LogP contribution >= 0.6 is 0 Å². The Kier molecular flexibility index (Phi) is 2.87. The average molecular weight is 221 g/mol. The van der Waals surface area contributed by atoms with Gasteiger partial charge in [0, 0.05) is 12.4 Å². The monoisotopic (exact) mass is 221 g/mol. The molecule has 0 aromatic carbocycles. The van der Waals surface area contributed by atoms with Gasteiger partial charge in [-0.2, -0.15) is 0 Å². The summed E-state index contributed by atoms with van der Waals surface area (Å²) in [7, 11) is 0. The van der Waals surface area contributed by atoms with Crippen LogP contribution in [0, 0.1) is 0 Å². The SMILES string of the molecule is CCCC1(O)CN(C(=O)c2cnccn2)C1. The molecule has 16 heavy (non-hydrogen) atoms. The standard InChI is InChI=1S/C11H15N3O2/c1-2-3-11(16)7-14(8-11)10(15)9-6-12-4-5-13-9/h4-6,16H,2-3,7-8H2,1H3. The number of β-amino-alcohol motifs (C(OH)–C–C–N with tert-alkyl or cyclic N) is 1. The lowest BCUT2D eigenvalue weighted by Crippen LogP contribution is -2.63. The van der Waals surface area contributed by atoms with Gasteiger partial charge in [-0.1, -0.05) is 13.3 Å². The lowest BCUT2D eigenvalue weighted by Gasteiger charge is -2.46. The Morgan fingerprint density at radius 3 is 2.88 bits per heavy atom. The molecule has 1 fully saturated rings. The Morgan fingerprint density at radius 1 is 1.56 bits per heavy atom. The van der Waals surface area contributed by atoms with Crippen LogP contribution in [0.3, 0.4) is 0 Å². The van der Waals surface area contributed by atoms with Crippen molar-refractivity contribution >= 4 is 5.91 Å². The number of aliphatic hydroxyl groups is 1. The highest BCUT2D eigenvalue weighted by atomic mass is 16.3. The zero-order valence-corrected chi connectivity index (χ0v) is 9.26. The van der Waals surface area contributed by atoms with Gasteiger partial charge in [0.25, 0.3) is 5.91 Å². The number of hydrogen-bond acceptors (Lipinski definition) is 4. The number of aromatic nitrogens is 2. The Morgan fingerprint density at radius 2 is 2.31 bits per heavy atom. The van der Waals surface area contributed by atoms with E-state index in [4.69, 9.17) is 0 Å². The normalized spacial score (nSPS) is 18.0. The molecule has 1 aromatic rings. The molecule has 1 aromatic heterocycles. The van der Waals surface area contributed by atoms with Gasteiger partial charge in [-0.25, -0.2) is 4.98 Å². The molecule has 86 valence electrons. The number of carbonyl (C=O) groups excluding carboxylic acids is 1. The van der Waals surface area contributed by atoms with E-state index in [1.165, 1.54) is 18.6 Å². The van der Waals surface area contributed by atoms with Crippen molar-refractivity contribution in [3.05, 3.63) is 24.3 Å². The fourth-order valence-electron chi connectivity index (χ4n) is 2.00. The molecule has 2 rings (SSSR count). The van der Waals surface area contributed by atoms with Crippen LogP contribution < -0.4 is 0 Å². The summed E-state index contributed by atoms with van der Waals surface area (Å²) in [5, 5.41) is 9.95. The molecule has 2 heterocycles. The molecule has 0 bridgehead atoms. The molecule has 0 aliphatic carbocycles.